The van der Waals surface area contributed by atoms with Crippen LogP contribution in [0, 0.1) is 11.2 Å². The summed E-state index contributed by atoms with van der Waals surface area (Å²) in [5, 5.41) is 9.89. The van der Waals surface area contributed by atoms with Crippen LogP contribution in [0.1, 0.15) is 31.2 Å². The van der Waals surface area contributed by atoms with Gasteiger partial charge in [-0.25, -0.2) is 4.39 Å². The highest BCUT2D eigenvalue weighted by atomic mass is 35.5. The van der Waals surface area contributed by atoms with E-state index in [1.54, 1.807) is 13.2 Å². The number of methoxy groups -OCH3 is 1. The van der Waals surface area contributed by atoms with Crippen molar-refractivity contribution in [3.8, 4) is 0 Å². The van der Waals surface area contributed by atoms with Gasteiger partial charge in [-0.2, -0.15) is 0 Å². The fourth-order valence-corrected chi connectivity index (χ4v) is 3.56. The van der Waals surface area contributed by atoms with E-state index in [-0.39, 0.29) is 29.4 Å². The van der Waals surface area contributed by atoms with Gasteiger partial charge >= 0.3 is 0 Å². The Morgan fingerprint density at radius 3 is 2.96 bits per heavy atom. The number of aliphatic hydroxyl groups is 1. The van der Waals surface area contributed by atoms with E-state index < -0.39 is 5.82 Å². The Kier molecular flexibility index (Phi) is 7.02. The summed E-state index contributed by atoms with van der Waals surface area (Å²) in [6.45, 7) is 1.98. The number of ether oxygens (including phenoxy) is 1. The van der Waals surface area contributed by atoms with Gasteiger partial charge in [-0.3, -0.25) is 4.79 Å². The van der Waals surface area contributed by atoms with Crippen LogP contribution in [-0.4, -0.2) is 49.3 Å². The van der Waals surface area contributed by atoms with Gasteiger partial charge in [0.15, 0.2) is 0 Å². The minimum Gasteiger partial charge on any atom is -0.396 e. The molecular formula is C18H25ClFNO3. The molecule has 24 heavy (non-hydrogen) atoms. The van der Waals surface area contributed by atoms with Crippen LogP contribution in [0.15, 0.2) is 18.2 Å². The van der Waals surface area contributed by atoms with Crippen molar-refractivity contribution < 1.29 is 19.0 Å². The number of hydrogen-bond acceptors (Lipinski definition) is 3. The van der Waals surface area contributed by atoms with E-state index in [2.05, 4.69) is 0 Å². The van der Waals surface area contributed by atoms with Gasteiger partial charge in [0.1, 0.15) is 5.82 Å². The number of carbonyl (C=O) groups is 1. The number of likely N-dealkylation sites (tertiary alicyclic amines) is 1. The van der Waals surface area contributed by atoms with Gasteiger partial charge in [0.25, 0.3) is 0 Å². The number of nitrogens with zero attached hydrogens (tertiary/aromatic N) is 1. The molecule has 0 saturated carbocycles. The summed E-state index contributed by atoms with van der Waals surface area (Å²) < 4.78 is 18.3. The number of amides is 1. The molecule has 1 saturated heterocycles. The quantitative estimate of drug-likeness (QED) is 0.763. The maximum Gasteiger partial charge on any atom is 0.227 e. The number of piperidine rings is 1. The summed E-state index contributed by atoms with van der Waals surface area (Å²) in [5.41, 5.74) is 0.457. The highest BCUT2D eigenvalue weighted by Crippen LogP contribution is 2.34. The Morgan fingerprint density at radius 2 is 2.29 bits per heavy atom. The molecule has 1 atom stereocenters. The molecule has 0 bridgehead atoms. The third-order valence-corrected chi connectivity index (χ3v) is 5.03. The summed E-state index contributed by atoms with van der Waals surface area (Å²) in [7, 11) is 1.66. The van der Waals surface area contributed by atoms with Gasteiger partial charge in [-0.1, -0.05) is 17.7 Å². The molecule has 134 valence electrons. The van der Waals surface area contributed by atoms with Gasteiger partial charge < -0.3 is 14.7 Å². The SMILES string of the molecule is COCCC[C@]1(CO)CCCN(C(=O)Cc2ccc(F)c(Cl)c2)C1. The van der Waals surface area contributed by atoms with E-state index in [9.17, 15) is 14.3 Å². The molecule has 0 radical (unpaired) electrons. The van der Waals surface area contributed by atoms with Crippen molar-refractivity contribution in [2.75, 3.05) is 33.4 Å². The normalized spacial score (nSPS) is 21.1. The molecule has 1 amide bonds. The molecule has 1 aromatic carbocycles. The van der Waals surface area contributed by atoms with Crippen molar-refractivity contribution in [1.29, 1.82) is 0 Å². The minimum atomic E-state index is -0.483. The van der Waals surface area contributed by atoms with Gasteiger partial charge in [0, 0.05) is 32.2 Å². The molecule has 1 fully saturated rings. The van der Waals surface area contributed by atoms with Crippen LogP contribution in [0.4, 0.5) is 4.39 Å². The molecule has 1 heterocycles. The molecule has 2 rings (SSSR count). The number of aliphatic hydroxyl groups excluding tert-OH is 1. The first-order chi connectivity index (χ1) is 11.5. The third kappa shape index (κ3) is 4.91. The molecule has 1 aliphatic heterocycles. The zero-order valence-corrected chi connectivity index (χ0v) is 14.8. The van der Waals surface area contributed by atoms with Crippen LogP contribution >= 0.6 is 11.6 Å². The van der Waals surface area contributed by atoms with E-state index in [0.717, 1.165) is 25.7 Å². The highest BCUT2D eigenvalue weighted by molar-refractivity contribution is 6.30. The van der Waals surface area contributed by atoms with Crippen molar-refractivity contribution >= 4 is 17.5 Å². The average Bonchev–Trinajstić information content (AvgIpc) is 2.58. The van der Waals surface area contributed by atoms with Crippen LogP contribution in [0.3, 0.4) is 0 Å². The number of halogens is 2. The fourth-order valence-electron chi connectivity index (χ4n) is 3.36. The summed E-state index contributed by atoms with van der Waals surface area (Å²) >= 11 is 5.78. The molecule has 1 aromatic rings. The molecule has 1 aliphatic rings. The van der Waals surface area contributed by atoms with Gasteiger partial charge in [0.2, 0.25) is 5.91 Å². The van der Waals surface area contributed by atoms with Crippen molar-refractivity contribution in [1.82, 2.24) is 4.90 Å². The lowest BCUT2D eigenvalue weighted by atomic mass is 9.77. The second-order valence-electron chi connectivity index (χ2n) is 6.60. The number of rotatable bonds is 7. The number of benzene rings is 1. The molecular weight excluding hydrogens is 333 g/mol. The van der Waals surface area contributed by atoms with Crippen LogP contribution in [0.5, 0.6) is 0 Å². The smallest absolute Gasteiger partial charge is 0.227 e. The van der Waals surface area contributed by atoms with E-state index in [4.69, 9.17) is 16.3 Å². The zero-order chi connectivity index (χ0) is 17.6. The van der Waals surface area contributed by atoms with Crippen molar-refractivity contribution in [3.05, 3.63) is 34.6 Å². The van der Waals surface area contributed by atoms with Crippen molar-refractivity contribution in [2.45, 2.75) is 32.1 Å². The Morgan fingerprint density at radius 1 is 1.50 bits per heavy atom. The van der Waals surface area contributed by atoms with Crippen LogP contribution in [0.2, 0.25) is 5.02 Å². The molecule has 0 aromatic heterocycles. The lowest BCUT2D eigenvalue weighted by Gasteiger charge is -2.42. The Hall–Kier alpha value is -1.17. The minimum absolute atomic E-state index is 0.0121. The Labute approximate surface area is 147 Å². The summed E-state index contributed by atoms with van der Waals surface area (Å²) in [5.74, 6) is -0.495. The molecule has 1 N–H and O–H groups in total. The second-order valence-corrected chi connectivity index (χ2v) is 7.01. The monoisotopic (exact) mass is 357 g/mol. The number of hydrogen-bond donors (Lipinski definition) is 1. The van der Waals surface area contributed by atoms with Crippen molar-refractivity contribution in [3.63, 3.8) is 0 Å². The van der Waals surface area contributed by atoms with Gasteiger partial charge in [-0.05, 0) is 43.4 Å². The number of carbonyl (C=O) groups excluding carboxylic acids is 1. The molecule has 6 heteroatoms. The third-order valence-electron chi connectivity index (χ3n) is 4.74. The lowest BCUT2D eigenvalue weighted by Crippen LogP contribution is -2.48. The zero-order valence-electron chi connectivity index (χ0n) is 14.1. The topological polar surface area (TPSA) is 49.8 Å². The summed E-state index contributed by atoms with van der Waals surface area (Å²) in [4.78, 5) is 14.4. The molecule has 0 unspecified atom stereocenters. The highest BCUT2D eigenvalue weighted by Gasteiger charge is 2.36. The predicted octanol–water partition coefficient (Wildman–Crippen LogP) is 3.05. The van der Waals surface area contributed by atoms with Crippen LogP contribution < -0.4 is 0 Å². The molecule has 4 nitrogen and oxygen atoms in total. The lowest BCUT2D eigenvalue weighted by molar-refractivity contribution is -0.135. The van der Waals surface area contributed by atoms with E-state index in [1.165, 1.54) is 12.1 Å². The van der Waals surface area contributed by atoms with E-state index >= 15 is 0 Å². The Balaban J connectivity index is 1.99. The van der Waals surface area contributed by atoms with Crippen LogP contribution in [-0.2, 0) is 16.0 Å². The maximum absolute atomic E-state index is 13.2. The fraction of sp³-hybridized carbons (Fsp3) is 0.611. The average molecular weight is 358 g/mol. The largest absolute Gasteiger partial charge is 0.396 e. The van der Waals surface area contributed by atoms with Gasteiger partial charge in [-0.15, -0.1) is 0 Å². The molecule has 0 aliphatic carbocycles. The molecule has 0 spiro atoms. The van der Waals surface area contributed by atoms with E-state index in [0.29, 0.717) is 25.3 Å². The first-order valence-corrected chi connectivity index (χ1v) is 8.69. The van der Waals surface area contributed by atoms with Gasteiger partial charge in [0.05, 0.1) is 18.1 Å². The standard InChI is InChI=1S/C18H25ClFNO3/c1-24-9-3-7-18(13-22)6-2-8-21(12-18)17(23)11-14-4-5-16(20)15(19)10-14/h4-5,10,22H,2-3,6-9,11-13H2,1H3/t18-/m1/s1. The summed E-state index contributed by atoms with van der Waals surface area (Å²) in [6, 6.07) is 4.36. The summed E-state index contributed by atoms with van der Waals surface area (Å²) in [6.07, 6.45) is 3.69. The van der Waals surface area contributed by atoms with Crippen LogP contribution in [0.25, 0.3) is 0 Å². The first-order valence-electron chi connectivity index (χ1n) is 8.31. The van der Waals surface area contributed by atoms with Crippen molar-refractivity contribution in [2.24, 2.45) is 5.41 Å². The van der Waals surface area contributed by atoms with E-state index in [1.807, 2.05) is 4.90 Å². The first kappa shape index (κ1) is 19.2. The second kappa shape index (κ2) is 8.79. The predicted molar refractivity (Wildman–Crippen MR) is 91.6 cm³/mol. The Bertz CT molecular complexity index is 569. The maximum atomic E-state index is 13.2.